The first kappa shape index (κ1) is 9.12. The third-order valence-electron chi connectivity index (χ3n) is 2.45. The fourth-order valence-electron chi connectivity index (χ4n) is 1.82. The molecule has 1 heterocycles. The van der Waals surface area contributed by atoms with Crippen LogP contribution in [0.15, 0.2) is 0 Å². The third kappa shape index (κ3) is 1.61. The Morgan fingerprint density at radius 3 is 2.83 bits per heavy atom. The quantitative estimate of drug-likeness (QED) is 0.536. The second-order valence-corrected chi connectivity index (χ2v) is 3.60. The van der Waals surface area contributed by atoms with Crippen LogP contribution in [0.4, 0.5) is 0 Å². The minimum Gasteiger partial charge on any atom is -0.329 e. The number of nitrogens with zero attached hydrogens (tertiary/aromatic N) is 1. The number of likely N-dealkylation sites (tertiary alicyclic amines) is 1. The van der Waals surface area contributed by atoms with Crippen molar-refractivity contribution in [3.63, 3.8) is 0 Å². The maximum atomic E-state index is 11.2. The van der Waals surface area contributed by atoms with Crippen molar-refractivity contribution >= 4 is 5.91 Å². The topological polar surface area (TPSA) is 20.3 Å². The van der Waals surface area contributed by atoms with Crippen LogP contribution in [0.5, 0.6) is 0 Å². The predicted molar refractivity (Wildman–Crippen MR) is 48.4 cm³/mol. The van der Waals surface area contributed by atoms with Crippen LogP contribution in [-0.2, 0) is 4.79 Å². The molecule has 0 bridgehead atoms. The van der Waals surface area contributed by atoms with Gasteiger partial charge in [0.2, 0.25) is 0 Å². The van der Waals surface area contributed by atoms with Crippen LogP contribution in [-0.4, -0.2) is 23.4 Å². The fourth-order valence-corrected chi connectivity index (χ4v) is 1.82. The van der Waals surface area contributed by atoms with Gasteiger partial charge in [-0.15, -0.1) is 6.42 Å². The zero-order valence-electron chi connectivity index (χ0n) is 7.71. The first-order valence-electron chi connectivity index (χ1n) is 4.44. The van der Waals surface area contributed by atoms with Crippen molar-refractivity contribution in [1.29, 1.82) is 0 Å². The number of carbonyl (C=O) groups is 1. The second-order valence-electron chi connectivity index (χ2n) is 3.60. The zero-order chi connectivity index (χ0) is 9.14. The Hall–Kier alpha value is -0.970. The lowest BCUT2D eigenvalue weighted by molar-refractivity contribution is -0.126. The van der Waals surface area contributed by atoms with Gasteiger partial charge in [-0.3, -0.25) is 4.79 Å². The van der Waals surface area contributed by atoms with Gasteiger partial charge in [0.05, 0.1) is 0 Å². The van der Waals surface area contributed by atoms with E-state index in [1.54, 1.807) is 0 Å². The highest BCUT2D eigenvalue weighted by molar-refractivity contribution is 5.93. The number of carbonyl (C=O) groups excluding carboxylic acids is 1. The van der Waals surface area contributed by atoms with Crippen molar-refractivity contribution in [3.05, 3.63) is 0 Å². The molecule has 1 saturated heterocycles. The Morgan fingerprint density at radius 1 is 1.67 bits per heavy atom. The molecule has 12 heavy (non-hydrogen) atoms. The van der Waals surface area contributed by atoms with E-state index in [4.69, 9.17) is 6.42 Å². The molecular formula is C10H15NO. The normalized spacial score (nSPS) is 22.8. The molecule has 1 aliphatic rings. The molecule has 1 amide bonds. The van der Waals surface area contributed by atoms with Crippen molar-refractivity contribution in [2.24, 2.45) is 5.92 Å². The molecule has 1 aliphatic heterocycles. The number of hydrogen-bond donors (Lipinski definition) is 0. The van der Waals surface area contributed by atoms with Gasteiger partial charge in [-0.2, -0.15) is 0 Å². The summed E-state index contributed by atoms with van der Waals surface area (Å²) in [5.41, 5.74) is 0. The van der Waals surface area contributed by atoms with Crippen molar-refractivity contribution in [2.75, 3.05) is 6.54 Å². The molecular weight excluding hydrogens is 150 g/mol. The van der Waals surface area contributed by atoms with Crippen LogP contribution < -0.4 is 0 Å². The molecule has 1 rings (SSSR count). The van der Waals surface area contributed by atoms with E-state index in [2.05, 4.69) is 19.8 Å². The van der Waals surface area contributed by atoms with Gasteiger partial charge >= 0.3 is 0 Å². The Kier molecular flexibility index (Phi) is 2.75. The molecule has 1 atom stereocenters. The summed E-state index contributed by atoms with van der Waals surface area (Å²) >= 11 is 0. The van der Waals surface area contributed by atoms with Crippen molar-refractivity contribution in [2.45, 2.75) is 32.7 Å². The van der Waals surface area contributed by atoms with E-state index in [-0.39, 0.29) is 5.91 Å². The minimum absolute atomic E-state index is 0.147. The summed E-state index contributed by atoms with van der Waals surface area (Å²) in [5, 5.41) is 0. The highest BCUT2D eigenvalue weighted by atomic mass is 16.2. The second kappa shape index (κ2) is 3.62. The smallest absolute Gasteiger partial charge is 0.298 e. The zero-order valence-corrected chi connectivity index (χ0v) is 7.71. The largest absolute Gasteiger partial charge is 0.329 e. The van der Waals surface area contributed by atoms with Gasteiger partial charge in [0.25, 0.3) is 5.91 Å². The van der Waals surface area contributed by atoms with Crippen LogP contribution in [0.1, 0.15) is 26.7 Å². The van der Waals surface area contributed by atoms with Crippen molar-refractivity contribution in [1.82, 2.24) is 4.90 Å². The van der Waals surface area contributed by atoms with Gasteiger partial charge in [0.15, 0.2) is 0 Å². The van der Waals surface area contributed by atoms with E-state index < -0.39 is 0 Å². The molecule has 66 valence electrons. The van der Waals surface area contributed by atoms with E-state index >= 15 is 0 Å². The third-order valence-corrected chi connectivity index (χ3v) is 2.45. The summed E-state index contributed by atoms with van der Waals surface area (Å²) in [6, 6.07) is 0.369. The van der Waals surface area contributed by atoms with Gasteiger partial charge in [-0.05, 0) is 24.7 Å². The molecule has 0 aromatic carbocycles. The maximum absolute atomic E-state index is 11.2. The molecule has 0 aromatic heterocycles. The average molecular weight is 165 g/mol. The number of hydrogen-bond acceptors (Lipinski definition) is 1. The van der Waals surface area contributed by atoms with Crippen LogP contribution in [0.25, 0.3) is 0 Å². The predicted octanol–water partition coefficient (Wildman–Crippen LogP) is 1.27. The van der Waals surface area contributed by atoms with E-state index in [1.165, 1.54) is 0 Å². The highest BCUT2D eigenvalue weighted by Gasteiger charge is 2.29. The van der Waals surface area contributed by atoms with Crippen LogP contribution >= 0.6 is 0 Å². The lowest BCUT2D eigenvalue weighted by Crippen LogP contribution is -2.37. The van der Waals surface area contributed by atoms with Crippen LogP contribution in [0.3, 0.4) is 0 Å². The van der Waals surface area contributed by atoms with E-state index in [0.717, 1.165) is 19.4 Å². The lowest BCUT2D eigenvalue weighted by Gasteiger charge is -2.25. The summed E-state index contributed by atoms with van der Waals surface area (Å²) < 4.78 is 0. The summed E-state index contributed by atoms with van der Waals surface area (Å²) in [5.74, 6) is 2.55. The van der Waals surface area contributed by atoms with E-state index in [9.17, 15) is 4.79 Å². The SMILES string of the molecule is C#CC(=O)N1CCCC1C(C)C. The van der Waals surface area contributed by atoms with Gasteiger partial charge in [0, 0.05) is 12.6 Å². The van der Waals surface area contributed by atoms with Crippen molar-refractivity contribution in [3.8, 4) is 12.3 Å². The van der Waals surface area contributed by atoms with Gasteiger partial charge in [-0.1, -0.05) is 13.8 Å². The van der Waals surface area contributed by atoms with Gasteiger partial charge in [0.1, 0.15) is 0 Å². The summed E-state index contributed by atoms with van der Waals surface area (Å²) in [4.78, 5) is 13.0. The molecule has 2 heteroatoms. The maximum Gasteiger partial charge on any atom is 0.298 e. The van der Waals surface area contributed by atoms with E-state index in [0.29, 0.717) is 12.0 Å². The Labute approximate surface area is 73.9 Å². The number of terminal acetylenes is 1. The molecule has 0 aromatic rings. The number of rotatable bonds is 1. The summed E-state index contributed by atoms with van der Waals surface area (Å²) in [6.07, 6.45) is 7.27. The standard InChI is InChI=1S/C10H15NO/c1-4-10(12)11-7-5-6-9(11)8(2)3/h1,8-9H,5-7H2,2-3H3. The Balaban J connectivity index is 2.65. The Morgan fingerprint density at radius 2 is 2.33 bits per heavy atom. The molecule has 1 fully saturated rings. The van der Waals surface area contributed by atoms with E-state index in [1.807, 2.05) is 4.90 Å². The first-order chi connectivity index (χ1) is 5.66. The van der Waals surface area contributed by atoms with Crippen LogP contribution in [0.2, 0.25) is 0 Å². The van der Waals surface area contributed by atoms with Gasteiger partial charge < -0.3 is 4.90 Å². The molecule has 0 saturated carbocycles. The monoisotopic (exact) mass is 165 g/mol. The molecule has 0 radical (unpaired) electrons. The average Bonchev–Trinajstić information content (AvgIpc) is 2.50. The molecule has 2 nitrogen and oxygen atoms in total. The van der Waals surface area contributed by atoms with Crippen molar-refractivity contribution < 1.29 is 4.79 Å². The lowest BCUT2D eigenvalue weighted by atomic mass is 10.0. The highest BCUT2D eigenvalue weighted by Crippen LogP contribution is 2.23. The minimum atomic E-state index is -0.147. The fraction of sp³-hybridized carbons (Fsp3) is 0.700. The molecule has 0 spiro atoms. The number of amides is 1. The molecule has 0 aliphatic carbocycles. The Bertz CT molecular complexity index is 214. The summed E-state index contributed by atoms with van der Waals surface area (Å²) in [6.45, 7) is 5.10. The molecule has 0 N–H and O–H groups in total. The first-order valence-corrected chi connectivity index (χ1v) is 4.44. The van der Waals surface area contributed by atoms with Crippen LogP contribution in [0, 0.1) is 18.3 Å². The molecule has 1 unspecified atom stereocenters. The van der Waals surface area contributed by atoms with Gasteiger partial charge in [-0.25, -0.2) is 0 Å². The summed E-state index contributed by atoms with van der Waals surface area (Å²) in [7, 11) is 0.